The maximum absolute atomic E-state index is 11.8. The molecule has 0 saturated heterocycles. The summed E-state index contributed by atoms with van der Waals surface area (Å²) >= 11 is 1.53. The summed E-state index contributed by atoms with van der Waals surface area (Å²) in [5.41, 5.74) is 0.989. The maximum Gasteiger partial charge on any atom is 0.238 e. The zero-order chi connectivity index (χ0) is 14.3. The molecule has 7 heteroatoms. The highest BCUT2D eigenvalue weighted by molar-refractivity contribution is 7.16. The minimum absolute atomic E-state index is 0. The highest BCUT2D eigenvalue weighted by Crippen LogP contribution is 2.26. The van der Waals surface area contributed by atoms with Crippen LogP contribution in [-0.4, -0.2) is 37.7 Å². The van der Waals surface area contributed by atoms with Crippen LogP contribution in [0.5, 0.6) is 0 Å². The molecule has 0 unspecified atom stereocenters. The van der Waals surface area contributed by atoms with Crippen molar-refractivity contribution in [3.8, 4) is 0 Å². The van der Waals surface area contributed by atoms with Gasteiger partial charge in [-0.3, -0.25) is 4.79 Å². The number of anilines is 1. The molecule has 0 atom stereocenters. The van der Waals surface area contributed by atoms with Gasteiger partial charge in [0, 0.05) is 13.7 Å². The average molecular weight is 322 g/mol. The van der Waals surface area contributed by atoms with E-state index in [1.54, 1.807) is 7.11 Å². The average Bonchev–Trinajstić information content (AvgIpc) is 2.64. The van der Waals surface area contributed by atoms with Crippen molar-refractivity contribution in [2.24, 2.45) is 5.92 Å². The van der Waals surface area contributed by atoms with Crippen molar-refractivity contribution < 1.29 is 9.53 Å². The lowest BCUT2D eigenvalue weighted by Crippen LogP contribution is -2.30. The second kappa shape index (κ2) is 10.1. The summed E-state index contributed by atoms with van der Waals surface area (Å²) in [7, 11) is 1.64. The van der Waals surface area contributed by atoms with Crippen LogP contribution in [0.15, 0.2) is 0 Å². The fourth-order valence-electron chi connectivity index (χ4n) is 1.64. The summed E-state index contributed by atoms with van der Waals surface area (Å²) in [6, 6.07) is 0. The molecule has 0 bridgehead atoms. The number of ether oxygens (including phenoxy) is 1. The number of carbonyl (C=O) groups is 1. The molecule has 1 aromatic rings. The van der Waals surface area contributed by atoms with E-state index in [1.165, 1.54) is 11.3 Å². The SMILES string of the molecule is COCCNCC(=O)Nc1sc(C)nc1CC(C)C.Cl. The monoisotopic (exact) mass is 321 g/mol. The minimum atomic E-state index is -0.0373. The molecule has 20 heavy (non-hydrogen) atoms. The van der Waals surface area contributed by atoms with Crippen LogP contribution in [0.3, 0.4) is 0 Å². The van der Waals surface area contributed by atoms with Gasteiger partial charge < -0.3 is 15.4 Å². The number of amides is 1. The normalized spacial score (nSPS) is 10.4. The van der Waals surface area contributed by atoms with Crippen LogP contribution in [0.25, 0.3) is 0 Å². The predicted molar refractivity (Wildman–Crippen MR) is 86.0 cm³/mol. The molecule has 0 fully saturated rings. The molecule has 0 aliphatic rings. The Labute approximate surface area is 130 Å². The number of hydrogen-bond donors (Lipinski definition) is 2. The van der Waals surface area contributed by atoms with Crippen LogP contribution >= 0.6 is 23.7 Å². The standard InChI is InChI=1S/C13H23N3O2S.ClH/c1-9(2)7-11-13(19-10(3)15-11)16-12(17)8-14-5-6-18-4;/h9,14H,5-8H2,1-4H3,(H,16,17);1H. The summed E-state index contributed by atoms with van der Waals surface area (Å²) < 4.78 is 4.91. The highest BCUT2D eigenvalue weighted by Gasteiger charge is 2.13. The fourth-order valence-corrected chi connectivity index (χ4v) is 2.50. The number of rotatable bonds is 8. The molecule has 1 heterocycles. The number of aromatic nitrogens is 1. The van der Waals surface area contributed by atoms with Crippen molar-refractivity contribution in [2.75, 3.05) is 32.1 Å². The van der Waals surface area contributed by atoms with Crippen LogP contribution in [0.2, 0.25) is 0 Å². The minimum Gasteiger partial charge on any atom is -0.383 e. The molecule has 0 aromatic carbocycles. The molecule has 0 saturated carbocycles. The maximum atomic E-state index is 11.8. The summed E-state index contributed by atoms with van der Waals surface area (Å²) in [6.45, 7) is 7.82. The highest BCUT2D eigenvalue weighted by atomic mass is 35.5. The lowest BCUT2D eigenvalue weighted by Gasteiger charge is -2.07. The number of carbonyl (C=O) groups excluding carboxylic acids is 1. The number of thiazole rings is 1. The van der Waals surface area contributed by atoms with Gasteiger partial charge in [-0.2, -0.15) is 0 Å². The van der Waals surface area contributed by atoms with Crippen molar-refractivity contribution in [3.05, 3.63) is 10.7 Å². The third-order valence-electron chi connectivity index (χ3n) is 2.43. The first-order valence-electron chi connectivity index (χ1n) is 6.48. The molecule has 1 amide bonds. The van der Waals surface area contributed by atoms with E-state index in [0.29, 0.717) is 25.6 Å². The Morgan fingerprint density at radius 3 is 2.75 bits per heavy atom. The fraction of sp³-hybridized carbons (Fsp3) is 0.692. The Morgan fingerprint density at radius 1 is 1.45 bits per heavy atom. The van der Waals surface area contributed by atoms with Crippen LogP contribution in [0.4, 0.5) is 5.00 Å². The molecular weight excluding hydrogens is 298 g/mol. The van der Waals surface area contributed by atoms with E-state index in [2.05, 4.69) is 29.5 Å². The molecule has 5 nitrogen and oxygen atoms in total. The van der Waals surface area contributed by atoms with Gasteiger partial charge in [-0.25, -0.2) is 4.98 Å². The van der Waals surface area contributed by atoms with Crippen molar-refractivity contribution in [1.29, 1.82) is 0 Å². The molecule has 2 N–H and O–H groups in total. The van der Waals surface area contributed by atoms with Crippen molar-refractivity contribution in [1.82, 2.24) is 10.3 Å². The second-order valence-electron chi connectivity index (χ2n) is 4.82. The number of aryl methyl sites for hydroxylation is 1. The van der Waals surface area contributed by atoms with Gasteiger partial charge in [-0.05, 0) is 19.3 Å². The van der Waals surface area contributed by atoms with Gasteiger partial charge in [0.2, 0.25) is 5.91 Å². The van der Waals surface area contributed by atoms with Gasteiger partial charge in [0.1, 0.15) is 5.00 Å². The Morgan fingerprint density at radius 2 is 2.15 bits per heavy atom. The van der Waals surface area contributed by atoms with Crippen LogP contribution < -0.4 is 10.6 Å². The van der Waals surface area contributed by atoms with Crippen molar-refractivity contribution in [3.63, 3.8) is 0 Å². The molecular formula is C13H24ClN3O2S. The summed E-state index contributed by atoms with van der Waals surface area (Å²) in [5.74, 6) is 0.488. The molecule has 0 spiro atoms. The van der Waals surface area contributed by atoms with Crippen LogP contribution in [-0.2, 0) is 16.0 Å². The Balaban J connectivity index is 0.00000361. The predicted octanol–water partition coefficient (Wildman–Crippen LogP) is 2.25. The number of hydrogen-bond acceptors (Lipinski definition) is 5. The number of nitrogens with one attached hydrogen (secondary N) is 2. The number of halogens is 1. The van der Waals surface area contributed by atoms with Gasteiger partial charge in [0.15, 0.2) is 0 Å². The number of nitrogens with zero attached hydrogens (tertiary/aromatic N) is 1. The van der Waals surface area contributed by atoms with E-state index in [-0.39, 0.29) is 18.3 Å². The molecule has 1 aromatic heterocycles. The Hall–Kier alpha value is -0.690. The first-order valence-corrected chi connectivity index (χ1v) is 7.30. The molecule has 1 rings (SSSR count). The summed E-state index contributed by atoms with van der Waals surface area (Å²) in [5, 5.41) is 7.81. The first kappa shape index (κ1) is 19.3. The topological polar surface area (TPSA) is 63.2 Å². The molecule has 0 aliphatic carbocycles. The van der Waals surface area contributed by atoms with Crippen molar-refractivity contribution >= 4 is 34.7 Å². The molecule has 116 valence electrons. The Bertz CT molecular complexity index is 410. The van der Waals surface area contributed by atoms with Crippen molar-refractivity contribution in [2.45, 2.75) is 27.2 Å². The van der Waals surface area contributed by atoms with Gasteiger partial charge in [0.05, 0.1) is 23.9 Å². The molecule has 0 radical (unpaired) electrons. The van der Waals surface area contributed by atoms with E-state index in [0.717, 1.165) is 22.1 Å². The lowest BCUT2D eigenvalue weighted by atomic mass is 10.1. The van der Waals surface area contributed by atoms with Crippen LogP contribution in [0.1, 0.15) is 24.5 Å². The van der Waals surface area contributed by atoms with Gasteiger partial charge >= 0.3 is 0 Å². The zero-order valence-corrected chi connectivity index (χ0v) is 14.1. The summed E-state index contributed by atoms with van der Waals surface area (Å²) in [6.07, 6.45) is 0.886. The van der Waals surface area contributed by atoms with Gasteiger partial charge in [-0.1, -0.05) is 13.8 Å². The van der Waals surface area contributed by atoms with E-state index < -0.39 is 0 Å². The van der Waals surface area contributed by atoms with Gasteiger partial charge in [-0.15, -0.1) is 23.7 Å². The largest absolute Gasteiger partial charge is 0.383 e. The van der Waals surface area contributed by atoms with E-state index >= 15 is 0 Å². The second-order valence-corrected chi connectivity index (χ2v) is 6.03. The first-order chi connectivity index (χ1) is 9.02. The van der Waals surface area contributed by atoms with E-state index in [4.69, 9.17) is 4.74 Å². The summed E-state index contributed by atoms with van der Waals surface area (Å²) in [4.78, 5) is 16.3. The van der Waals surface area contributed by atoms with Gasteiger partial charge in [0.25, 0.3) is 0 Å². The smallest absolute Gasteiger partial charge is 0.238 e. The third-order valence-corrected chi connectivity index (χ3v) is 3.36. The van der Waals surface area contributed by atoms with Crippen LogP contribution in [0, 0.1) is 12.8 Å². The molecule has 0 aliphatic heterocycles. The Kier molecular flexibility index (Phi) is 9.75. The number of methoxy groups -OCH3 is 1. The van der Waals surface area contributed by atoms with E-state index in [1.807, 2.05) is 6.92 Å². The quantitative estimate of drug-likeness (QED) is 0.721. The lowest BCUT2D eigenvalue weighted by molar-refractivity contribution is -0.115. The third kappa shape index (κ3) is 7.19. The van der Waals surface area contributed by atoms with E-state index in [9.17, 15) is 4.79 Å². The zero-order valence-electron chi connectivity index (χ0n) is 12.5.